The van der Waals surface area contributed by atoms with E-state index in [1.807, 2.05) is 28.5 Å². The fraction of sp³-hybridized carbons (Fsp3) is 0.211. The van der Waals surface area contributed by atoms with Crippen molar-refractivity contribution in [2.75, 3.05) is 6.54 Å². The Kier molecular flexibility index (Phi) is 4.10. The van der Waals surface area contributed by atoms with E-state index >= 15 is 0 Å². The summed E-state index contributed by atoms with van der Waals surface area (Å²) in [6.45, 7) is 3.16. The predicted molar refractivity (Wildman–Crippen MR) is 107 cm³/mol. The van der Waals surface area contributed by atoms with Gasteiger partial charge in [-0.15, -0.1) is 10.2 Å². The molecule has 0 radical (unpaired) electrons. The van der Waals surface area contributed by atoms with E-state index in [1.165, 1.54) is 11.3 Å². The third-order valence-electron chi connectivity index (χ3n) is 4.89. The van der Waals surface area contributed by atoms with Crippen LogP contribution in [0.25, 0.3) is 21.2 Å². The molecule has 0 aliphatic carbocycles. The Morgan fingerprint density at radius 2 is 2.00 bits per heavy atom. The van der Waals surface area contributed by atoms with Gasteiger partial charge in [0.05, 0.1) is 6.04 Å². The molecular weight excluding hydrogens is 396 g/mol. The largest absolute Gasteiger partial charge is 0.327 e. The molecule has 1 aliphatic rings. The highest BCUT2D eigenvalue weighted by atomic mass is 35.5. The average molecular weight is 411 g/mol. The van der Waals surface area contributed by atoms with Crippen LogP contribution in [-0.2, 0) is 6.54 Å². The first-order chi connectivity index (χ1) is 13.6. The predicted octanol–water partition coefficient (Wildman–Crippen LogP) is 3.82. The van der Waals surface area contributed by atoms with E-state index in [-0.39, 0.29) is 11.9 Å². The monoisotopic (exact) mass is 410 g/mol. The molecule has 4 heterocycles. The van der Waals surface area contributed by atoms with Crippen LogP contribution in [-0.4, -0.2) is 42.1 Å². The Labute approximate surface area is 169 Å². The Bertz CT molecular complexity index is 1150. The quantitative estimate of drug-likeness (QED) is 0.502. The van der Waals surface area contributed by atoms with Gasteiger partial charge in [-0.1, -0.05) is 22.9 Å². The normalized spacial score (nSPS) is 16.4. The molecule has 1 aliphatic heterocycles. The number of benzene rings is 1. The maximum atomic E-state index is 12.9. The van der Waals surface area contributed by atoms with Crippen LogP contribution in [0.15, 0.2) is 42.6 Å². The van der Waals surface area contributed by atoms with Crippen LogP contribution in [0.2, 0.25) is 5.02 Å². The van der Waals surface area contributed by atoms with E-state index in [0.717, 1.165) is 27.0 Å². The average Bonchev–Trinajstić information content (AvgIpc) is 3.32. The highest BCUT2D eigenvalue weighted by Gasteiger charge is 2.32. The van der Waals surface area contributed by atoms with E-state index in [4.69, 9.17) is 11.6 Å². The second-order valence-corrected chi connectivity index (χ2v) is 7.98. The molecular formula is C19H15ClN6OS. The van der Waals surface area contributed by atoms with E-state index < -0.39 is 0 Å². The second-order valence-electron chi connectivity index (χ2n) is 6.56. The van der Waals surface area contributed by atoms with Gasteiger partial charge in [0.25, 0.3) is 5.91 Å². The lowest BCUT2D eigenvalue weighted by Crippen LogP contribution is -2.41. The third-order valence-corrected chi connectivity index (χ3v) is 6.12. The van der Waals surface area contributed by atoms with Gasteiger partial charge in [0.1, 0.15) is 10.3 Å². The lowest BCUT2D eigenvalue weighted by atomic mass is 10.1. The van der Waals surface area contributed by atoms with Crippen molar-refractivity contribution in [1.82, 2.24) is 29.6 Å². The zero-order valence-electron chi connectivity index (χ0n) is 14.9. The number of aromatic nitrogens is 5. The van der Waals surface area contributed by atoms with Gasteiger partial charge < -0.3 is 9.47 Å². The molecule has 7 nitrogen and oxygen atoms in total. The zero-order chi connectivity index (χ0) is 19.3. The molecule has 1 atom stereocenters. The van der Waals surface area contributed by atoms with Crippen molar-refractivity contribution in [3.05, 3.63) is 59.0 Å². The number of nitrogens with zero attached hydrogens (tertiary/aromatic N) is 6. The highest BCUT2D eigenvalue weighted by Crippen LogP contribution is 2.32. The number of thiazole rings is 1. The molecule has 1 unspecified atom stereocenters. The van der Waals surface area contributed by atoms with E-state index in [1.54, 1.807) is 30.5 Å². The molecule has 4 aromatic rings. The molecule has 0 spiro atoms. The molecule has 0 saturated heterocycles. The first-order valence-electron chi connectivity index (χ1n) is 8.83. The van der Waals surface area contributed by atoms with Crippen molar-refractivity contribution >= 4 is 39.2 Å². The Morgan fingerprint density at radius 3 is 2.79 bits per heavy atom. The molecule has 3 aromatic heterocycles. The van der Waals surface area contributed by atoms with Gasteiger partial charge in [0, 0.05) is 29.9 Å². The van der Waals surface area contributed by atoms with Gasteiger partial charge in [-0.3, -0.25) is 4.79 Å². The summed E-state index contributed by atoms with van der Waals surface area (Å²) in [4.78, 5) is 24.6. The summed E-state index contributed by atoms with van der Waals surface area (Å²) in [5, 5.41) is 10.1. The maximum absolute atomic E-state index is 12.9. The summed E-state index contributed by atoms with van der Waals surface area (Å²) in [7, 11) is 0. The van der Waals surface area contributed by atoms with Crippen LogP contribution in [0, 0.1) is 0 Å². The summed E-state index contributed by atoms with van der Waals surface area (Å²) in [6, 6.07) is 10.6. The number of amides is 1. The van der Waals surface area contributed by atoms with E-state index in [0.29, 0.717) is 23.7 Å². The smallest absolute Gasteiger partial charge is 0.254 e. The lowest BCUT2D eigenvalue weighted by molar-refractivity contribution is 0.0638. The Hall–Kier alpha value is -2.84. The number of fused-ring (bicyclic) bond motifs is 2. The van der Waals surface area contributed by atoms with Gasteiger partial charge in [-0.05, 0) is 43.3 Å². The molecule has 0 fully saturated rings. The third kappa shape index (κ3) is 2.76. The number of halogens is 1. The minimum Gasteiger partial charge on any atom is -0.327 e. The molecule has 28 heavy (non-hydrogen) atoms. The zero-order valence-corrected chi connectivity index (χ0v) is 16.5. The topological polar surface area (TPSA) is 76.8 Å². The Balaban J connectivity index is 1.47. The molecule has 1 aromatic carbocycles. The van der Waals surface area contributed by atoms with Gasteiger partial charge in [0.15, 0.2) is 16.7 Å². The summed E-state index contributed by atoms with van der Waals surface area (Å²) in [5.74, 6) is 1.45. The first kappa shape index (κ1) is 17.3. The summed E-state index contributed by atoms with van der Waals surface area (Å²) >= 11 is 7.43. The number of carbonyl (C=O) groups excluding carboxylic acids is 1. The number of hydrogen-bond donors (Lipinski definition) is 0. The summed E-state index contributed by atoms with van der Waals surface area (Å²) < 4.78 is 2.05. The van der Waals surface area contributed by atoms with Crippen molar-refractivity contribution in [2.24, 2.45) is 0 Å². The minimum atomic E-state index is -0.189. The van der Waals surface area contributed by atoms with Crippen molar-refractivity contribution in [3.63, 3.8) is 0 Å². The van der Waals surface area contributed by atoms with Gasteiger partial charge >= 0.3 is 0 Å². The van der Waals surface area contributed by atoms with Crippen LogP contribution in [0.1, 0.15) is 29.1 Å². The van der Waals surface area contributed by atoms with Crippen LogP contribution in [0.4, 0.5) is 0 Å². The standard InChI is InChI=1S/C19H15ClN6OS/c1-11-15-23-24-16(18-22-14-3-2-8-21-17(14)28-18)26(15)10-9-25(11)19(27)12-4-6-13(20)7-5-12/h2-8,11H,9-10H2,1H3. The van der Waals surface area contributed by atoms with Crippen molar-refractivity contribution in [1.29, 1.82) is 0 Å². The van der Waals surface area contributed by atoms with E-state index in [2.05, 4.69) is 20.2 Å². The molecule has 1 amide bonds. The SMILES string of the molecule is CC1c2nnc(-c3nc4cccnc4s3)n2CCN1C(=O)c1ccc(Cl)cc1. The summed E-state index contributed by atoms with van der Waals surface area (Å²) in [6.07, 6.45) is 1.76. The fourth-order valence-corrected chi connectivity index (χ4v) is 4.47. The van der Waals surface area contributed by atoms with Crippen LogP contribution in [0.3, 0.4) is 0 Å². The maximum Gasteiger partial charge on any atom is 0.254 e. The molecule has 9 heteroatoms. The van der Waals surface area contributed by atoms with Crippen LogP contribution >= 0.6 is 22.9 Å². The highest BCUT2D eigenvalue weighted by molar-refractivity contribution is 7.21. The minimum absolute atomic E-state index is 0.0378. The first-order valence-corrected chi connectivity index (χ1v) is 10.0. The van der Waals surface area contributed by atoms with Crippen molar-refractivity contribution < 1.29 is 4.79 Å². The fourth-order valence-electron chi connectivity index (χ4n) is 3.44. The Morgan fingerprint density at radius 1 is 1.18 bits per heavy atom. The molecule has 0 saturated carbocycles. The molecule has 140 valence electrons. The number of hydrogen-bond acceptors (Lipinski definition) is 6. The second kappa shape index (κ2) is 6.65. The molecule has 0 bridgehead atoms. The summed E-state index contributed by atoms with van der Waals surface area (Å²) in [5.41, 5.74) is 1.46. The van der Waals surface area contributed by atoms with Crippen molar-refractivity contribution in [2.45, 2.75) is 19.5 Å². The molecule has 5 rings (SSSR count). The van der Waals surface area contributed by atoms with Gasteiger partial charge in [-0.2, -0.15) is 0 Å². The van der Waals surface area contributed by atoms with Crippen LogP contribution in [0.5, 0.6) is 0 Å². The molecule has 0 N–H and O–H groups in total. The lowest BCUT2D eigenvalue weighted by Gasteiger charge is -2.33. The van der Waals surface area contributed by atoms with E-state index in [9.17, 15) is 4.79 Å². The van der Waals surface area contributed by atoms with Gasteiger partial charge in [0.2, 0.25) is 0 Å². The van der Waals surface area contributed by atoms with Crippen LogP contribution < -0.4 is 0 Å². The van der Waals surface area contributed by atoms with Crippen molar-refractivity contribution in [3.8, 4) is 10.8 Å². The number of carbonyl (C=O) groups is 1. The number of pyridine rings is 1. The number of rotatable bonds is 2. The van der Waals surface area contributed by atoms with Gasteiger partial charge in [-0.25, -0.2) is 9.97 Å².